The third kappa shape index (κ3) is 5.72. The summed E-state index contributed by atoms with van der Waals surface area (Å²) in [5.41, 5.74) is 22.3. The minimum atomic E-state index is -0.527. The summed E-state index contributed by atoms with van der Waals surface area (Å²) >= 11 is 0. The summed E-state index contributed by atoms with van der Waals surface area (Å²) in [6, 6.07) is 63.4. The number of benzene rings is 7. The molecular weight excluding hydrogens is 643 g/mol. The molecule has 0 amide bonds. The lowest BCUT2D eigenvalue weighted by Gasteiger charge is -2.45. The summed E-state index contributed by atoms with van der Waals surface area (Å²) in [6.07, 6.45) is 8.66. The lowest BCUT2D eigenvalue weighted by Crippen LogP contribution is -2.36. The van der Waals surface area contributed by atoms with Crippen molar-refractivity contribution in [1.82, 2.24) is 0 Å². The zero-order valence-electron chi connectivity index (χ0n) is 29.4. The molecule has 254 valence electrons. The quantitative estimate of drug-likeness (QED) is 0.162. The topological polar surface area (TPSA) is 41.6 Å². The number of hydrogen-bond acceptors (Lipinski definition) is 3. The molecule has 0 unspecified atom stereocenters. The second kappa shape index (κ2) is 13.9. The van der Waals surface area contributed by atoms with Gasteiger partial charge in [0.1, 0.15) is 0 Å². The summed E-state index contributed by atoms with van der Waals surface area (Å²) in [7, 11) is 0. The van der Waals surface area contributed by atoms with Gasteiger partial charge in [-0.1, -0.05) is 146 Å². The van der Waals surface area contributed by atoms with Crippen LogP contribution >= 0.6 is 0 Å². The Morgan fingerprint density at radius 3 is 1.85 bits per heavy atom. The fourth-order valence-electron chi connectivity index (χ4n) is 8.21. The molecule has 0 saturated carbocycles. The maximum Gasteiger partial charge on any atom is 0.0748 e. The summed E-state index contributed by atoms with van der Waals surface area (Å²) in [5, 5.41) is 0. The van der Waals surface area contributed by atoms with Crippen LogP contribution in [0.1, 0.15) is 33.4 Å². The van der Waals surface area contributed by atoms with Crippen LogP contribution in [0.4, 0.5) is 17.1 Å². The lowest BCUT2D eigenvalue weighted by atomic mass is 9.63. The van der Waals surface area contributed by atoms with Crippen LogP contribution in [0.5, 0.6) is 0 Å². The minimum Gasteiger partial charge on any atom is -0.327 e. The maximum atomic E-state index is 6.11. The average molecular weight is 682 g/mol. The molecule has 7 aromatic rings. The first-order valence-corrected chi connectivity index (χ1v) is 18.3. The molecule has 0 fully saturated rings. The average Bonchev–Trinajstić information content (AvgIpc) is 3.54. The van der Waals surface area contributed by atoms with Gasteiger partial charge in [-0.2, -0.15) is 0 Å². The van der Waals surface area contributed by atoms with Crippen molar-refractivity contribution < 1.29 is 0 Å². The van der Waals surface area contributed by atoms with Crippen molar-refractivity contribution in [3.8, 4) is 22.3 Å². The van der Waals surface area contributed by atoms with Gasteiger partial charge in [0, 0.05) is 18.4 Å². The Hall–Kier alpha value is -6.55. The molecule has 1 spiro atoms. The third-order valence-corrected chi connectivity index (χ3v) is 10.5. The fourth-order valence-corrected chi connectivity index (χ4v) is 8.21. The van der Waals surface area contributed by atoms with Gasteiger partial charge in [-0.3, -0.25) is 4.99 Å². The minimum absolute atomic E-state index is 0.474. The number of nitrogens with two attached hydrogens (primary N) is 1. The summed E-state index contributed by atoms with van der Waals surface area (Å²) in [5.74, 6) is 0. The standard InChI is InChI=1S/C50H39N3/c51-29-13-20-43-32-42-28-27-41(40-19-12-18-39(31-40)38-17-11-16-37(30-38)35-52-34-36-14-3-1-4-15-36)33-47(42)50(43)45-23-7-9-25-48(45)53(44-21-5-2-6-22-44)49-26-10-8-24-46(49)50/h1-28,30-33,35H,29,34,51H2/b20-13-,52-35+. The van der Waals surface area contributed by atoms with Crippen molar-refractivity contribution in [3.63, 3.8) is 0 Å². The molecule has 7 aromatic carbocycles. The first-order chi connectivity index (χ1) is 26.2. The first kappa shape index (κ1) is 32.4. The zero-order chi connectivity index (χ0) is 35.6. The highest BCUT2D eigenvalue weighted by Gasteiger charge is 2.50. The van der Waals surface area contributed by atoms with Crippen molar-refractivity contribution in [2.45, 2.75) is 12.0 Å². The number of para-hydroxylation sites is 3. The Balaban J connectivity index is 1.15. The van der Waals surface area contributed by atoms with E-state index in [1.54, 1.807) is 0 Å². The van der Waals surface area contributed by atoms with Crippen LogP contribution in [-0.4, -0.2) is 12.8 Å². The van der Waals surface area contributed by atoms with Crippen LogP contribution in [0, 0.1) is 0 Å². The van der Waals surface area contributed by atoms with Gasteiger partial charge in [0.05, 0.1) is 23.3 Å². The van der Waals surface area contributed by atoms with E-state index >= 15 is 0 Å². The number of nitrogens with zero attached hydrogens (tertiary/aromatic N) is 2. The number of rotatable bonds is 8. The van der Waals surface area contributed by atoms with Crippen LogP contribution in [0.25, 0.3) is 28.3 Å². The molecule has 53 heavy (non-hydrogen) atoms. The van der Waals surface area contributed by atoms with Gasteiger partial charge in [0.2, 0.25) is 0 Å². The van der Waals surface area contributed by atoms with Crippen LogP contribution < -0.4 is 10.6 Å². The molecule has 3 heteroatoms. The molecule has 0 saturated heterocycles. The first-order valence-electron chi connectivity index (χ1n) is 18.3. The molecule has 0 atom stereocenters. The van der Waals surface area contributed by atoms with E-state index in [0.717, 1.165) is 11.3 Å². The number of aliphatic imine (C=N–C) groups is 1. The Labute approximate surface area is 311 Å². The molecule has 0 aromatic heterocycles. The summed E-state index contributed by atoms with van der Waals surface area (Å²) < 4.78 is 0. The molecule has 1 aliphatic heterocycles. The lowest BCUT2D eigenvalue weighted by molar-refractivity contribution is 0.746. The number of fused-ring (bicyclic) bond motifs is 6. The van der Waals surface area contributed by atoms with Gasteiger partial charge < -0.3 is 10.6 Å². The molecule has 9 rings (SSSR count). The molecule has 0 bridgehead atoms. The van der Waals surface area contributed by atoms with Crippen LogP contribution in [0.3, 0.4) is 0 Å². The van der Waals surface area contributed by atoms with Gasteiger partial charge in [-0.25, -0.2) is 0 Å². The molecule has 1 heterocycles. The third-order valence-electron chi connectivity index (χ3n) is 10.5. The van der Waals surface area contributed by atoms with Crippen LogP contribution in [0.2, 0.25) is 0 Å². The van der Waals surface area contributed by atoms with E-state index in [2.05, 4.69) is 193 Å². The highest BCUT2D eigenvalue weighted by Crippen LogP contribution is 2.61. The Bertz CT molecular complexity index is 2480. The molecule has 3 nitrogen and oxygen atoms in total. The molecule has 2 aliphatic rings. The predicted octanol–water partition coefficient (Wildman–Crippen LogP) is 11.7. The SMILES string of the molecule is NC/C=C\C1=Cc2ccc(-c3cccc(-c4cccc(/C=N/Cc5ccccc5)c4)c3)cc2C12c1ccccc1N(c1ccccc1)c1ccccc12. The number of anilines is 3. The fraction of sp³-hybridized carbons (Fsp3) is 0.0600. The van der Waals surface area contributed by atoms with E-state index in [1.807, 2.05) is 12.3 Å². The second-order valence-electron chi connectivity index (χ2n) is 13.7. The zero-order valence-corrected chi connectivity index (χ0v) is 29.4. The molecule has 1 aliphatic carbocycles. The second-order valence-corrected chi connectivity index (χ2v) is 13.7. The van der Waals surface area contributed by atoms with Crippen LogP contribution in [0.15, 0.2) is 199 Å². The number of allylic oxidation sites excluding steroid dienone is 2. The van der Waals surface area contributed by atoms with Gasteiger partial charge in [-0.05, 0) is 110 Å². The summed E-state index contributed by atoms with van der Waals surface area (Å²) in [4.78, 5) is 7.13. The molecule has 2 N–H and O–H groups in total. The highest BCUT2D eigenvalue weighted by molar-refractivity contribution is 5.94. The van der Waals surface area contributed by atoms with Crippen molar-refractivity contribution in [2.75, 3.05) is 11.4 Å². The van der Waals surface area contributed by atoms with Gasteiger partial charge in [-0.15, -0.1) is 0 Å². The Morgan fingerprint density at radius 2 is 1.15 bits per heavy atom. The maximum absolute atomic E-state index is 6.11. The predicted molar refractivity (Wildman–Crippen MR) is 222 cm³/mol. The van der Waals surface area contributed by atoms with E-state index in [1.165, 1.54) is 67.0 Å². The largest absolute Gasteiger partial charge is 0.327 e. The smallest absolute Gasteiger partial charge is 0.0748 e. The summed E-state index contributed by atoms with van der Waals surface area (Å²) in [6.45, 7) is 1.14. The molecule has 0 radical (unpaired) electrons. The van der Waals surface area contributed by atoms with Crippen molar-refractivity contribution in [3.05, 3.63) is 227 Å². The van der Waals surface area contributed by atoms with Crippen molar-refractivity contribution >= 4 is 29.4 Å². The van der Waals surface area contributed by atoms with Crippen molar-refractivity contribution in [1.29, 1.82) is 0 Å². The van der Waals surface area contributed by atoms with Crippen LogP contribution in [-0.2, 0) is 12.0 Å². The Kier molecular flexibility index (Phi) is 8.47. The van der Waals surface area contributed by atoms with Crippen molar-refractivity contribution in [2.24, 2.45) is 10.7 Å². The number of hydrogen-bond donors (Lipinski definition) is 1. The van der Waals surface area contributed by atoms with Gasteiger partial charge in [0.15, 0.2) is 0 Å². The van der Waals surface area contributed by atoms with E-state index in [0.29, 0.717) is 13.1 Å². The van der Waals surface area contributed by atoms with Gasteiger partial charge >= 0.3 is 0 Å². The van der Waals surface area contributed by atoms with E-state index in [9.17, 15) is 0 Å². The van der Waals surface area contributed by atoms with E-state index in [-0.39, 0.29) is 0 Å². The van der Waals surface area contributed by atoms with Gasteiger partial charge in [0.25, 0.3) is 0 Å². The van der Waals surface area contributed by atoms with E-state index < -0.39 is 5.41 Å². The van der Waals surface area contributed by atoms with E-state index in [4.69, 9.17) is 10.7 Å². The Morgan fingerprint density at radius 1 is 0.547 bits per heavy atom. The monoisotopic (exact) mass is 681 g/mol. The normalized spacial score (nSPS) is 14.0. The molecular formula is C50H39N3. The highest BCUT2D eigenvalue weighted by atomic mass is 15.2.